The van der Waals surface area contributed by atoms with Crippen molar-refractivity contribution in [1.82, 2.24) is 4.98 Å². The second-order valence-electron chi connectivity index (χ2n) is 6.11. The number of Topliss-reactive ketones (excluding diaryl/α,β-unsaturated/α-hetero) is 1. The first-order valence-corrected chi connectivity index (χ1v) is 8.68. The number of ketones is 1. The summed E-state index contributed by atoms with van der Waals surface area (Å²) in [6.07, 6.45) is 0. The number of nitrogens with zero attached hydrogens (tertiary/aromatic N) is 2. The van der Waals surface area contributed by atoms with Crippen molar-refractivity contribution < 1.29 is 14.4 Å². The minimum absolute atomic E-state index is 0.0392. The van der Waals surface area contributed by atoms with Gasteiger partial charge in [-0.2, -0.15) is 5.26 Å². The van der Waals surface area contributed by atoms with Gasteiger partial charge in [-0.25, -0.2) is 4.98 Å². The van der Waals surface area contributed by atoms with E-state index in [9.17, 15) is 14.4 Å². The van der Waals surface area contributed by atoms with Crippen LogP contribution < -0.4 is 10.6 Å². The predicted molar refractivity (Wildman–Crippen MR) is 108 cm³/mol. The maximum absolute atomic E-state index is 12.5. The van der Waals surface area contributed by atoms with Crippen molar-refractivity contribution in [3.63, 3.8) is 0 Å². The molecule has 3 aromatic rings. The topological polar surface area (TPSA) is 112 Å². The van der Waals surface area contributed by atoms with Crippen LogP contribution in [0.3, 0.4) is 0 Å². The maximum Gasteiger partial charge on any atom is 0.274 e. The summed E-state index contributed by atoms with van der Waals surface area (Å²) in [5, 5.41) is 14.4. The molecule has 1 heterocycles. The van der Waals surface area contributed by atoms with E-state index in [4.69, 9.17) is 5.26 Å². The molecule has 2 amide bonds. The van der Waals surface area contributed by atoms with Crippen LogP contribution in [0.5, 0.6) is 0 Å². The van der Waals surface area contributed by atoms with Gasteiger partial charge in [-0.1, -0.05) is 18.2 Å². The zero-order valence-electron chi connectivity index (χ0n) is 15.5. The number of hydrogen-bond acceptors (Lipinski definition) is 5. The molecule has 2 N–H and O–H groups in total. The standard InChI is InChI=1S/C22H16N4O3/c1-14(27)15-9-11-17(12-10-15)24-21(28)19-7-4-8-20(25-19)22(29)26-18-6-3-2-5-16(18)13-23/h2-12H,1H3,(H,24,28)(H,26,29). The highest BCUT2D eigenvalue weighted by molar-refractivity contribution is 6.06. The van der Waals surface area contributed by atoms with Gasteiger partial charge in [-0.15, -0.1) is 0 Å². The number of carbonyl (C=O) groups is 3. The predicted octanol–water partition coefficient (Wildman–Crippen LogP) is 3.66. The molecule has 3 rings (SSSR count). The Bertz CT molecular complexity index is 1130. The van der Waals surface area contributed by atoms with Gasteiger partial charge in [0, 0.05) is 11.3 Å². The molecule has 0 unspecified atom stereocenters. The third-order valence-electron chi connectivity index (χ3n) is 4.06. The number of rotatable bonds is 5. The number of amides is 2. The lowest BCUT2D eigenvalue weighted by atomic mass is 10.1. The number of nitriles is 1. The molecule has 0 spiro atoms. The third kappa shape index (κ3) is 4.70. The lowest BCUT2D eigenvalue weighted by Gasteiger charge is -2.08. The Hall–Kier alpha value is -4.31. The molecule has 7 heteroatoms. The first-order valence-electron chi connectivity index (χ1n) is 8.68. The van der Waals surface area contributed by atoms with Crippen molar-refractivity contribution in [2.24, 2.45) is 0 Å². The summed E-state index contributed by atoms with van der Waals surface area (Å²) in [4.78, 5) is 40.3. The first-order chi connectivity index (χ1) is 14.0. The number of aromatic nitrogens is 1. The summed E-state index contributed by atoms with van der Waals surface area (Å²) in [7, 11) is 0. The summed E-state index contributed by atoms with van der Waals surface area (Å²) < 4.78 is 0. The highest BCUT2D eigenvalue weighted by Crippen LogP contribution is 2.15. The lowest BCUT2D eigenvalue weighted by Crippen LogP contribution is -2.18. The van der Waals surface area contributed by atoms with Crippen LogP contribution in [-0.4, -0.2) is 22.6 Å². The van der Waals surface area contributed by atoms with Crippen molar-refractivity contribution in [3.8, 4) is 6.07 Å². The van der Waals surface area contributed by atoms with Gasteiger partial charge < -0.3 is 10.6 Å². The van der Waals surface area contributed by atoms with Crippen molar-refractivity contribution in [2.75, 3.05) is 10.6 Å². The normalized spacial score (nSPS) is 9.93. The molecular formula is C22H16N4O3. The maximum atomic E-state index is 12.5. The summed E-state index contributed by atoms with van der Waals surface area (Å²) in [6.45, 7) is 1.46. The number of nitrogens with one attached hydrogen (secondary N) is 2. The lowest BCUT2D eigenvalue weighted by molar-refractivity contribution is 0.100. The molecule has 0 radical (unpaired) electrons. The van der Waals surface area contributed by atoms with Gasteiger partial charge in [-0.05, 0) is 55.5 Å². The third-order valence-corrected chi connectivity index (χ3v) is 4.06. The quantitative estimate of drug-likeness (QED) is 0.652. The van der Waals surface area contributed by atoms with Gasteiger partial charge >= 0.3 is 0 Å². The summed E-state index contributed by atoms with van der Waals surface area (Å²) >= 11 is 0. The number of carbonyl (C=O) groups excluding carboxylic acids is 3. The number of pyridine rings is 1. The number of anilines is 2. The van der Waals surface area contributed by atoms with E-state index in [1.54, 1.807) is 54.6 Å². The number of para-hydroxylation sites is 1. The molecule has 0 saturated heterocycles. The van der Waals surface area contributed by atoms with Gasteiger partial charge in [0.05, 0.1) is 11.3 Å². The molecule has 29 heavy (non-hydrogen) atoms. The van der Waals surface area contributed by atoms with E-state index in [0.29, 0.717) is 22.5 Å². The van der Waals surface area contributed by atoms with Crippen LogP contribution in [0.15, 0.2) is 66.7 Å². The zero-order valence-corrected chi connectivity index (χ0v) is 15.5. The average Bonchev–Trinajstić information content (AvgIpc) is 2.74. The Kier molecular flexibility index (Phi) is 5.76. The van der Waals surface area contributed by atoms with Crippen LogP contribution in [0.2, 0.25) is 0 Å². The molecule has 2 aromatic carbocycles. The van der Waals surface area contributed by atoms with E-state index in [-0.39, 0.29) is 17.2 Å². The minimum Gasteiger partial charge on any atom is -0.321 e. The number of hydrogen-bond donors (Lipinski definition) is 2. The molecule has 0 aliphatic rings. The fourth-order valence-electron chi connectivity index (χ4n) is 2.55. The molecule has 0 atom stereocenters. The Balaban J connectivity index is 1.74. The van der Waals surface area contributed by atoms with Crippen molar-refractivity contribution in [1.29, 1.82) is 5.26 Å². The van der Waals surface area contributed by atoms with Crippen molar-refractivity contribution in [2.45, 2.75) is 6.92 Å². The van der Waals surface area contributed by atoms with E-state index in [0.717, 1.165) is 0 Å². The van der Waals surface area contributed by atoms with E-state index in [1.165, 1.54) is 19.1 Å². The largest absolute Gasteiger partial charge is 0.321 e. The highest BCUT2D eigenvalue weighted by atomic mass is 16.2. The van der Waals surface area contributed by atoms with Gasteiger partial charge in [0.2, 0.25) is 0 Å². The van der Waals surface area contributed by atoms with Crippen LogP contribution in [0.4, 0.5) is 11.4 Å². The first kappa shape index (κ1) is 19.5. The molecule has 1 aromatic heterocycles. The molecule has 0 aliphatic carbocycles. The average molecular weight is 384 g/mol. The molecule has 142 valence electrons. The highest BCUT2D eigenvalue weighted by Gasteiger charge is 2.14. The van der Waals surface area contributed by atoms with E-state index in [2.05, 4.69) is 15.6 Å². The summed E-state index contributed by atoms with van der Waals surface area (Å²) in [5.41, 5.74) is 1.82. The van der Waals surface area contributed by atoms with Crippen molar-refractivity contribution >= 4 is 29.0 Å². The Morgan fingerprint density at radius 2 is 1.45 bits per heavy atom. The summed E-state index contributed by atoms with van der Waals surface area (Å²) in [6, 6.07) is 19.6. The van der Waals surface area contributed by atoms with Crippen molar-refractivity contribution in [3.05, 3.63) is 89.2 Å². The van der Waals surface area contributed by atoms with Gasteiger partial charge in [0.1, 0.15) is 17.5 Å². The van der Waals surface area contributed by atoms with Gasteiger partial charge in [0.25, 0.3) is 11.8 Å². The zero-order chi connectivity index (χ0) is 20.8. The van der Waals surface area contributed by atoms with Crippen LogP contribution >= 0.6 is 0 Å². The molecule has 0 saturated carbocycles. The van der Waals surface area contributed by atoms with Crippen LogP contribution in [0.1, 0.15) is 43.8 Å². The smallest absolute Gasteiger partial charge is 0.274 e. The van der Waals surface area contributed by atoms with Gasteiger partial charge in [-0.3, -0.25) is 14.4 Å². The molecule has 0 bridgehead atoms. The van der Waals surface area contributed by atoms with Crippen LogP contribution in [0, 0.1) is 11.3 Å². The van der Waals surface area contributed by atoms with E-state index >= 15 is 0 Å². The van der Waals surface area contributed by atoms with Gasteiger partial charge in [0.15, 0.2) is 5.78 Å². The Morgan fingerprint density at radius 3 is 2.07 bits per heavy atom. The van der Waals surface area contributed by atoms with E-state index in [1.807, 2.05) is 6.07 Å². The fraction of sp³-hybridized carbons (Fsp3) is 0.0455. The Morgan fingerprint density at radius 1 is 0.828 bits per heavy atom. The summed E-state index contributed by atoms with van der Waals surface area (Å²) in [5.74, 6) is -1.10. The monoisotopic (exact) mass is 384 g/mol. The molecule has 0 fully saturated rings. The van der Waals surface area contributed by atoms with E-state index < -0.39 is 11.8 Å². The molecule has 0 aliphatic heterocycles. The Labute approximate surface area is 167 Å². The SMILES string of the molecule is CC(=O)c1ccc(NC(=O)c2cccc(C(=O)Nc3ccccc3C#N)n2)cc1. The molecule has 7 nitrogen and oxygen atoms in total. The van der Waals surface area contributed by atoms with Crippen LogP contribution in [-0.2, 0) is 0 Å². The minimum atomic E-state index is -0.534. The second-order valence-corrected chi connectivity index (χ2v) is 6.11. The van der Waals surface area contributed by atoms with Crippen LogP contribution in [0.25, 0.3) is 0 Å². The number of benzene rings is 2. The molecular weight excluding hydrogens is 368 g/mol. The fourth-order valence-corrected chi connectivity index (χ4v) is 2.55. The second kappa shape index (κ2) is 8.59.